The summed E-state index contributed by atoms with van der Waals surface area (Å²) >= 11 is 3.27. The number of ether oxygens (including phenoxy) is 1. The van der Waals surface area contributed by atoms with Gasteiger partial charge in [-0.25, -0.2) is 8.78 Å². The lowest BCUT2D eigenvalue weighted by molar-refractivity contribution is -0.133. The van der Waals surface area contributed by atoms with Gasteiger partial charge in [0.05, 0.1) is 0 Å². The Kier molecular flexibility index (Phi) is 6.49. The molecule has 6 heteroatoms. The van der Waals surface area contributed by atoms with Crippen molar-refractivity contribution in [3.63, 3.8) is 0 Å². The molecule has 0 aliphatic heterocycles. The molecule has 1 amide bonds. The number of halogens is 3. The second-order valence-electron chi connectivity index (χ2n) is 5.02. The van der Waals surface area contributed by atoms with Gasteiger partial charge < -0.3 is 9.64 Å². The summed E-state index contributed by atoms with van der Waals surface area (Å²) in [5.41, 5.74) is 0.366. The lowest BCUT2D eigenvalue weighted by atomic mass is 10.2. The third kappa shape index (κ3) is 4.89. The van der Waals surface area contributed by atoms with Crippen LogP contribution in [-0.4, -0.2) is 24.0 Å². The fourth-order valence-corrected chi connectivity index (χ4v) is 2.48. The minimum atomic E-state index is -0.543. The standard InChI is InChI=1S/C18H16BrF2NO2/c1-2-9-22(11-13-10-14(19)7-8-15(13)20)18(23)12-24-17-6-4-3-5-16(17)21/h2-8,10H,1,9,11-12H2. The Labute approximate surface area is 147 Å². The topological polar surface area (TPSA) is 29.5 Å². The van der Waals surface area contributed by atoms with E-state index in [1.807, 2.05) is 0 Å². The van der Waals surface area contributed by atoms with Crippen LogP contribution in [0, 0.1) is 11.6 Å². The highest BCUT2D eigenvalue weighted by atomic mass is 79.9. The first-order valence-corrected chi connectivity index (χ1v) is 8.00. The van der Waals surface area contributed by atoms with Crippen LogP contribution in [0.1, 0.15) is 5.56 Å². The highest BCUT2D eigenvalue weighted by Gasteiger charge is 2.16. The molecule has 0 bridgehead atoms. The number of carbonyl (C=O) groups excluding carboxylic acids is 1. The molecule has 0 atom stereocenters. The van der Waals surface area contributed by atoms with E-state index < -0.39 is 17.5 Å². The first-order valence-electron chi connectivity index (χ1n) is 7.21. The first-order chi connectivity index (χ1) is 11.5. The van der Waals surface area contributed by atoms with Gasteiger partial charge in [-0.15, -0.1) is 6.58 Å². The summed E-state index contributed by atoms with van der Waals surface area (Å²) in [7, 11) is 0. The Morgan fingerprint density at radius 2 is 1.96 bits per heavy atom. The van der Waals surface area contributed by atoms with Crippen LogP contribution in [-0.2, 0) is 11.3 Å². The van der Waals surface area contributed by atoms with Crippen LogP contribution in [0.15, 0.2) is 59.6 Å². The Bertz CT molecular complexity index is 737. The van der Waals surface area contributed by atoms with Gasteiger partial charge in [0.2, 0.25) is 0 Å². The van der Waals surface area contributed by atoms with E-state index in [-0.39, 0.29) is 25.4 Å². The molecule has 2 rings (SSSR count). The van der Waals surface area contributed by atoms with Crippen LogP contribution in [0.4, 0.5) is 8.78 Å². The van der Waals surface area contributed by atoms with Crippen molar-refractivity contribution in [2.24, 2.45) is 0 Å². The van der Waals surface area contributed by atoms with Crippen molar-refractivity contribution in [1.82, 2.24) is 4.90 Å². The maximum Gasteiger partial charge on any atom is 0.261 e. The van der Waals surface area contributed by atoms with Gasteiger partial charge in [-0.1, -0.05) is 34.1 Å². The highest BCUT2D eigenvalue weighted by molar-refractivity contribution is 9.10. The summed E-state index contributed by atoms with van der Waals surface area (Å²) in [6.07, 6.45) is 1.54. The van der Waals surface area contributed by atoms with Crippen molar-refractivity contribution >= 4 is 21.8 Å². The molecular formula is C18H16BrF2NO2. The van der Waals surface area contributed by atoms with Crippen LogP contribution in [0.3, 0.4) is 0 Å². The zero-order valence-corrected chi connectivity index (χ0v) is 14.4. The lowest BCUT2D eigenvalue weighted by Gasteiger charge is -2.22. The Hall–Kier alpha value is -2.21. The number of benzene rings is 2. The minimum absolute atomic E-state index is 0.00182. The smallest absolute Gasteiger partial charge is 0.261 e. The SMILES string of the molecule is C=CCN(Cc1cc(Br)ccc1F)C(=O)COc1ccccc1F. The van der Waals surface area contributed by atoms with E-state index in [1.54, 1.807) is 18.2 Å². The summed E-state index contributed by atoms with van der Waals surface area (Å²) < 4.78 is 33.3. The number of para-hydroxylation sites is 1. The Morgan fingerprint density at radius 1 is 1.21 bits per heavy atom. The molecule has 0 saturated heterocycles. The molecule has 0 saturated carbocycles. The van der Waals surface area contributed by atoms with Crippen LogP contribution in [0.25, 0.3) is 0 Å². The predicted octanol–water partition coefficient (Wildman–Crippen LogP) is 4.32. The van der Waals surface area contributed by atoms with Gasteiger partial charge in [0.25, 0.3) is 5.91 Å². The molecule has 0 aliphatic carbocycles. The third-order valence-electron chi connectivity index (χ3n) is 3.26. The molecule has 0 aromatic heterocycles. The number of hydrogen-bond acceptors (Lipinski definition) is 2. The molecule has 0 aliphatic rings. The summed E-state index contributed by atoms with van der Waals surface area (Å²) in [5.74, 6) is -1.34. The average Bonchev–Trinajstić information content (AvgIpc) is 2.56. The molecule has 0 unspecified atom stereocenters. The zero-order valence-electron chi connectivity index (χ0n) is 12.8. The number of rotatable bonds is 7. The molecule has 2 aromatic rings. The average molecular weight is 396 g/mol. The molecule has 126 valence electrons. The summed E-state index contributed by atoms with van der Waals surface area (Å²) in [5, 5.41) is 0. The van der Waals surface area contributed by atoms with Gasteiger partial charge in [0.15, 0.2) is 18.2 Å². The van der Waals surface area contributed by atoms with Crippen molar-refractivity contribution in [2.75, 3.05) is 13.2 Å². The van der Waals surface area contributed by atoms with E-state index in [0.29, 0.717) is 10.0 Å². The monoisotopic (exact) mass is 395 g/mol. The number of hydrogen-bond donors (Lipinski definition) is 0. The predicted molar refractivity (Wildman–Crippen MR) is 91.6 cm³/mol. The number of nitrogens with zero attached hydrogens (tertiary/aromatic N) is 1. The molecule has 0 heterocycles. The van der Waals surface area contributed by atoms with Crippen LogP contribution in [0.5, 0.6) is 5.75 Å². The van der Waals surface area contributed by atoms with Gasteiger partial charge in [0.1, 0.15) is 5.82 Å². The second kappa shape index (κ2) is 8.59. The van der Waals surface area contributed by atoms with Gasteiger partial charge in [-0.05, 0) is 30.3 Å². The quantitative estimate of drug-likeness (QED) is 0.653. The molecule has 3 nitrogen and oxygen atoms in total. The van der Waals surface area contributed by atoms with Crippen LogP contribution >= 0.6 is 15.9 Å². The fourth-order valence-electron chi connectivity index (χ4n) is 2.07. The van der Waals surface area contributed by atoms with Crippen molar-refractivity contribution in [3.8, 4) is 5.75 Å². The fraction of sp³-hybridized carbons (Fsp3) is 0.167. The van der Waals surface area contributed by atoms with E-state index in [4.69, 9.17) is 4.74 Å². The van der Waals surface area contributed by atoms with E-state index in [0.717, 1.165) is 0 Å². The molecule has 2 aromatic carbocycles. The third-order valence-corrected chi connectivity index (χ3v) is 3.75. The van der Waals surface area contributed by atoms with Crippen molar-refractivity contribution in [3.05, 3.63) is 76.8 Å². The Morgan fingerprint density at radius 3 is 2.67 bits per heavy atom. The summed E-state index contributed by atoms with van der Waals surface area (Å²) in [4.78, 5) is 13.7. The Balaban J connectivity index is 2.06. The first kappa shape index (κ1) is 18.1. The number of carbonyl (C=O) groups is 1. The molecule has 0 spiro atoms. The number of amides is 1. The molecule has 0 radical (unpaired) electrons. The maximum absolute atomic E-state index is 13.9. The van der Waals surface area contributed by atoms with E-state index >= 15 is 0 Å². The zero-order chi connectivity index (χ0) is 17.5. The largest absolute Gasteiger partial charge is 0.481 e. The van der Waals surface area contributed by atoms with E-state index in [2.05, 4.69) is 22.5 Å². The van der Waals surface area contributed by atoms with E-state index in [1.165, 1.54) is 35.2 Å². The summed E-state index contributed by atoms with van der Waals surface area (Å²) in [6, 6.07) is 10.3. The van der Waals surface area contributed by atoms with Crippen molar-refractivity contribution in [2.45, 2.75) is 6.54 Å². The normalized spacial score (nSPS) is 10.3. The van der Waals surface area contributed by atoms with Gasteiger partial charge >= 0.3 is 0 Å². The minimum Gasteiger partial charge on any atom is -0.481 e. The van der Waals surface area contributed by atoms with Gasteiger partial charge in [-0.2, -0.15) is 0 Å². The maximum atomic E-state index is 13.9. The lowest BCUT2D eigenvalue weighted by Crippen LogP contribution is -2.35. The summed E-state index contributed by atoms with van der Waals surface area (Å²) in [6.45, 7) is 3.55. The van der Waals surface area contributed by atoms with Gasteiger partial charge in [-0.3, -0.25) is 4.79 Å². The van der Waals surface area contributed by atoms with Crippen molar-refractivity contribution in [1.29, 1.82) is 0 Å². The van der Waals surface area contributed by atoms with Crippen molar-refractivity contribution < 1.29 is 18.3 Å². The molecular weight excluding hydrogens is 380 g/mol. The van der Waals surface area contributed by atoms with Crippen LogP contribution < -0.4 is 4.74 Å². The van der Waals surface area contributed by atoms with Crippen LogP contribution in [0.2, 0.25) is 0 Å². The highest BCUT2D eigenvalue weighted by Crippen LogP contribution is 2.18. The second-order valence-corrected chi connectivity index (χ2v) is 5.93. The molecule has 24 heavy (non-hydrogen) atoms. The molecule has 0 N–H and O–H groups in total. The van der Waals surface area contributed by atoms with E-state index in [9.17, 15) is 13.6 Å². The molecule has 0 fully saturated rings. The van der Waals surface area contributed by atoms with Gasteiger partial charge in [0, 0.05) is 23.1 Å².